The van der Waals surface area contributed by atoms with Gasteiger partial charge in [0.1, 0.15) is 6.54 Å². The number of ether oxygens (including phenoxy) is 1. The van der Waals surface area contributed by atoms with Gasteiger partial charge in [-0.25, -0.2) is 0 Å². The van der Waals surface area contributed by atoms with E-state index in [0.29, 0.717) is 6.42 Å². The summed E-state index contributed by atoms with van der Waals surface area (Å²) in [5.41, 5.74) is 0. The zero-order chi connectivity index (χ0) is 18.1. The van der Waals surface area contributed by atoms with E-state index in [9.17, 15) is 9.59 Å². The Labute approximate surface area is 126 Å². The van der Waals surface area contributed by atoms with E-state index in [-0.39, 0.29) is 19.4 Å². The number of likely N-dealkylation sites (N-methyl/N-ethyl adjacent to an activating group) is 1. The molecule has 0 aromatic heterocycles. The van der Waals surface area contributed by atoms with Crippen molar-refractivity contribution in [3.8, 4) is 0 Å². The first-order chi connectivity index (χ1) is 10.5. The number of rotatable bonds is 11. The Hall–Kier alpha value is -1.10. The van der Waals surface area contributed by atoms with Gasteiger partial charge in [-0.1, -0.05) is 32.6 Å². The zero-order valence-corrected chi connectivity index (χ0v) is 12.9. The van der Waals surface area contributed by atoms with Gasteiger partial charge in [0.2, 0.25) is 0 Å². The number of hydrogen-bond acceptors (Lipinski definition) is 3. The predicted molar refractivity (Wildman–Crippen MR) is 78.4 cm³/mol. The number of unbranched alkanes of at least 4 members (excludes halogenated alkanes) is 4. The predicted octanol–water partition coefficient (Wildman–Crippen LogP) is 2.44. The lowest BCUT2D eigenvalue weighted by atomic mass is 10.1. The lowest BCUT2D eigenvalue weighted by Crippen LogP contribution is -2.43. The summed E-state index contributed by atoms with van der Waals surface area (Å²) >= 11 is 0. The molecule has 0 rings (SSSR count). The summed E-state index contributed by atoms with van der Waals surface area (Å²) in [4.78, 5) is 22.8. The van der Waals surface area contributed by atoms with Gasteiger partial charge in [-0.2, -0.15) is 0 Å². The van der Waals surface area contributed by atoms with E-state index in [4.69, 9.17) is 14.0 Å². The summed E-state index contributed by atoms with van der Waals surface area (Å²) in [5.74, 6) is -1.57. The van der Waals surface area contributed by atoms with E-state index in [1.54, 1.807) is 0 Å². The average molecular weight is 291 g/mol. The molecule has 0 saturated heterocycles. The maximum absolute atomic E-state index is 11.8. The van der Waals surface area contributed by atoms with Crippen molar-refractivity contribution in [3.63, 3.8) is 0 Å². The number of carbonyl (C=O) groups excluding carboxylic acids is 1. The van der Waals surface area contributed by atoms with Gasteiger partial charge >= 0.3 is 11.9 Å². The van der Waals surface area contributed by atoms with Crippen LogP contribution < -0.4 is 0 Å². The van der Waals surface area contributed by atoms with E-state index in [0.717, 1.165) is 25.7 Å². The van der Waals surface area contributed by atoms with E-state index < -0.39 is 29.5 Å². The fraction of sp³-hybridized carbons (Fsp3) is 0.867. The van der Waals surface area contributed by atoms with Gasteiger partial charge in [-0.15, -0.1) is 0 Å². The topological polar surface area (TPSA) is 63.6 Å². The third-order valence-corrected chi connectivity index (χ3v) is 2.84. The Morgan fingerprint density at radius 2 is 1.90 bits per heavy atom. The summed E-state index contributed by atoms with van der Waals surface area (Å²) in [5, 5.41) is 8.93. The van der Waals surface area contributed by atoms with E-state index in [1.165, 1.54) is 14.1 Å². The first-order valence-corrected chi connectivity index (χ1v) is 7.24. The van der Waals surface area contributed by atoms with Gasteiger partial charge in [0.25, 0.3) is 0 Å². The molecule has 0 aliphatic rings. The second kappa shape index (κ2) is 9.75. The number of quaternary nitrogens is 1. The van der Waals surface area contributed by atoms with Crippen molar-refractivity contribution in [2.75, 3.05) is 27.6 Å². The van der Waals surface area contributed by atoms with Crippen molar-refractivity contribution < 1.29 is 28.0 Å². The molecular weight excluding hydrogens is 258 g/mol. The second-order valence-corrected chi connectivity index (χ2v) is 5.74. The summed E-state index contributed by atoms with van der Waals surface area (Å²) in [6, 6.07) is 0. The highest BCUT2D eigenvalue weighted by Crippen LogP contribution is 2.10. The van der Waals surface area contributed by atoms with Crippen LogP contribution in [0.2, 0.25) is 0 Å². The zero-order valence-electron chi connectivity index (χ0n) is 15.9. The molecule has 0 aromatic rings. The molecule has 5 heteroatoms. The Morgan fingerprint density at radius 1 is 1.25 bits per heavy atom. The third kappa shape index (κ3) is 12.0. The minimum atomic E-state index is -2.30. The van der Waals surface area contributed by atoms with Crippen LogP contribution in [0.3, 0.4) is 0 Å². The summed E-state index contributed by atoms with van der Waals surface area (Å²) in [6.07, 6.45) is 3.85. The summed E-state index contributed by atoms with van der Waals surface area (Å²) < 4.78 is 27.3. The maximum atomic E-state index is 11.8. The highest BCUT2D eigenvalue weighted by Gasteiger charge is 2.24. The lowest BCUT2D eigenvalue weighted by molar-refractivity contribution is -0.873. The molecule has 118 valence electrons. The second-order valence-electron chi connectivity index (χ2n) is 5.74. The number of carboxylic acids is 1. The van der Waals surface area contributed by atoms with Gasteiger partial charge < -0.3 is 14.3 Å². The summed E-state index contributed by atoms with van der Waals surface area (Å²) in [7, 11) is 2.95. The number of hydrogen-bond donors (Lipinski definition) is 1. The van der Waals surface area contributed by atoms with Crippen LogP contribution in [0.1, 0.15) is 56.0 Å². The van der Waals surface area contributed by atoms with Crippen molar-refractivity contribution in [2.45, 2.75) is 58.0 Å². The molecule has 1 N–H and O–H groups in total. The first kappa shape index (κ1) is 13.9. The number of aliphatic carboxylic acids is 1. The molecule has 0 aromatic carbocycles. The van der Waals surface area contributed by atoms with E-state index >= 15 is 0 Å². The summed E-state index contributed by atoms with van der Waals surface area (Å²) in [6.45, 7) is -0.261. The van der Waals surface area contributed by atoms with Crippen LogP contribution in [-0.4, -0.2) is 55.2 Å². The van der Waals surface area contributed by atoms with Gasteiger partial charge in [0.05, 0.1) is 31.6 Å². The number of carboxylic acid groups (broad SMARTS) is 1. The third-order valence-electron chi connectivity index (χ3n) is 2.84. The normalized spacial score (nSPS) is 15.8. The van der Waals surface area contributed by atoms with Crippen LogP contribution in [0.25, 0.3) is 0 Å². The van der Waals surface area contributed by atoms with Crippen molar-refractivity contribution in [2.24, 2.45) is 0 Å². The molecule has 0 amide bonds. The molecule has 0 aliphatic carbocycles. The van der Waals surface area contributed by atoms with Crippen LogP contribution >= 0.6 is 0 Å². The Morgan fingerprint density at radius 3 is 2.45 bits per heavy atom. The van der Waals surface area contributed by atoms with Crippen molar-refractivity contribution in [3.05, 3.63) is 0 Å². The number of nitrogens with zero attached hydrogens (tertiary/aromatic N) is 1. The molecule has 5 nitrogen and oxygen atoms in total. The highest BCUT2D eigenvalue weighted by molar-refractivity contribution is 5.71. The van der Waals surface area contributed by atoms with Crippen molar-refractivity contribution in [1.82, 2.24) is 0 Å². The molecule has 0 bridgehead atoms. The van der Waals surface area contributed by atoms with Crippen molar-refractivity contribution in [1.29, 1.82) is 0 Å². The van der Waals surface area contributed by atoms with Crippen LogP contribution in [0.15, 0.2) is 0 Å². The SMILES string of the molecule is [2H]C([2H])([2H])[N+](C)(C)CC(CC(=O)O)OC(=O)CCCCCCC. The average Bonchev–Trinajstić information content (AvgIpc) is 2.35. The van der Waals surface area contributed by atoms with Crippen LogP contribution in [0.5, 0.6) is 0 Å². The molecule has 0 fully saturated rings. The molecular formula is C15H30NO4+. The minimum absolute atomic E-state index is 0.0651. The van der Waals surface area contributed by atoms with E-state index in [1.807, 2.05) is 0 Å². The van der Waals surface area contributed by atoms with Gasteiger partial charge in [0, 0.05) is 6.42 Å². The molecule has 0 spiro atoms. The standard InChI is InChI=1S/C15H29NO4/c1-5-6-7-8-9-10-15(19)20-13(11-14(17)18)12-16(2,3)4/h13H,5-12H2,1-4H3/p+1/i2D3. The monoisotopic (exact) mass is 291 g/mol. The smallest absolute Gasteiger partial charge is 0.307 e. The highest BCUT2D eigenvalue weighted by atomic mass is 16.5. The molecule has 0 aliphatic heterocycles. The maximum Gasteiger partial charge on any atom is 0.307 e. The Bertz CT molecular complexity index is 383. The fourth-order valence-electron chi connectivity index (χ4n) is 1.97. The van der Waals surface area contributed by atoms with E-state index in [2.05, 4.69) is 6.92 Å². The lowest BCUT2D eigenvalue weighted by Gasteiger charge is -2.28. The molecule has 0 radical (unpaired) electrons. The Kier molecular flexibility index (Phi) is 6.76. The molecule has 1 atom stereocenters. The van der Waals surface area contributed by atoms with Crippen molar-refractivity contribution >= 4 is 11.9 Å². The first-order valence-electron chi connectivity index (χ1n) is 8.74. The molecule has 1 unspecified atom stereocenters. The quantitative estimate of drug-likeness (QED) is 0.361. The fourth-order valence-corrected chi connectivity index (χ4v) is 1.97. The van der Waals surface area contributed by atoms with Gasteiger partial charge in [-0.05, 0) is 6.42 Å². The number of esters is 1. The molecule has 0 heterocycles. The van der Waals surface area contributed by atoms with Crippen LogP contribution in [0.4, 0.5) is 0 Å². The van der Waals surface area contributed by atoms with Crippen LogP contribution in [0, 0.1) is 0 Å². The molecule has 20 heavy (non-hydrogen) atoms. The van der Waals surface area contributed by atoms with Crippen LogP contribution in [-0.2, 0) is 14.3 Å². The molecule has 0 saturated carbocycles. The minimum Gasteiger partial charge on any atom is -0.481 e. The van der Waals surface area contributed by atoms with Gasteiger partial charge in [0.15, 0.2) is 6.10 Å². The largest absolute Gasteiger partial charge is 0.481 e. The van der Waals surface area contributed by atoms with Gasteiger partial charge in [-0.3, -0.25) is 9.59 Å². The Balaban J connectivity index is 4.50. The number of carbonyl (C=O) groups is 2.